The summed E-state index contributed by atoms with van der Waals surface area (Å²) in [5.41, 5.74) is 2.85. The Morgan fingerprint density at radius 3 is 2.00 bits per heavy atom. The van der Waals surface area contributed by atoms with E-state index in [1.54, 1.807) is 0 Å². The van der Waals surface area contributed by atoms with Gasteiger partial charge in [0.25, 0.3) is 0 Å². The van der Waals surface area contributed by atoms with Crippen molar-refractivity contribution in [3.63, 3.8) is 0 Å². The molecule has 2 rings (SSSR count). The first-order valence-electron chi connectivity index (χ1n) is 8.02. The molecule has 0 aliphatic heterocycles. The summed E-state index contributed by atoms with van der Waals surface area (Å²) >= 11 is 0. The van der Waals surface area contributed by atoms with E-state index in [1.165, 1.54) is 17.5 Å². The number of nitrogens with one attached hydrogen (secondary N) is 1. The maximum Gasteiger partial charge on any atom is 0.0176 e. The van der Waals surface area contributed by atoms with Gasteiger partial charge in [-0.25, -0.2) is 0 Å². The molecule has 0 fully saturated rings. The molecule has 1 heteroatoms. The molecule has 0 heterocycles. The summed E-state index contributed by atoms with van der Waals surface area (Å²) in [5.74, 6) is 1.20. The van der Waals surface area contributed by atoms with Crippen LogP contribution in [0.25, 0.3) is 0 Å². The summed E-state index contributed by atoms with van der Waals surface area (Å²) in [4.78, 5) is 0. The molecule has 1 nitrogen and oxygen atoms in total. The molecule has 0 aromatic heterocycles. The van der Waals surface area contributed by atoms with E-state index in [0.717, 1.165) is 6.42 Å². The first kappa shape index (κ1) is 15.8. The van der Waals surface area contributed by atoms with Crippen LogP contribution in [0.1, 0.15) is 37.3 Å². The number of hydrogen-bond acceptors (Lipinski definition) is 1. The van der Waals surface area contributed by atoms with Crippen LogP contribution in [0.15, 0.2) is 60.7 Å². The van der Waals surface area contributed by atoms with Crippen molar-refractivity contribution in [2.45, 2.75) is 38.6 Å². The average molecular weight is 281 g/mol. The van der Waals surface area contributed by atoms with E-state index in [4.69, 9.17) is 0 Å². The van der Waals surface area contributed by atoms with Gasteiger partial charge in [0, 0.05) is 12.0 Å². The third kappa shape index (κ3) is 4.18. The first-order valence-corrected chi connectivity index (χ1v) is 8.02. The van der Waals surface area contributed by atoms with E-state index in [1.807, 2.05) is 0 Å². The molecule has 2 aromatic carbocycles. The minimum absolute atomic E-state index is 0.463. The molecule has 0 spiro atoms. The summed E-state index contributed by atoms with van der Waals surface area (Å²) in [7, 11) is 2.09. The highest BCUT2D eigenvalue weighted by molar-refractivity contribution is 5.24. The standard InChI is InChI=1S/C20H27N/c1-4-16(2)20(18-13-9-6-10-14-18)19(21-3)15-17-11-7-5-8-12-17/h5-14,16,19-21H,4,15H2,1-3H3. The summed E-state index contributed by atoms with van der Waals surface area (Å²) < 4.78 is 0. The zero-order valence-corrected chi connectivity index (χ0v) is 13.4. The molecule has 112 valence electrons. The molecular weight excluding hydrogens is 254 g/mol. The van der Waals surface area contributed by atoms with Crippen molar-refractivity contribution in [1.82, 2.24) is 5.32 Å². The molecule has 21 heavy (non-hydrogen) atoms. The van der Waals surface area contributed by atoms with E-state index in [0.29, 0.717) is 17.9 Å². The molecule has 2 aromatic rings. The molecule has 0 bridgehead atoms. The number of hydrogen-bond donors (Lipinski definition) is 1. The minimum Gasteiger partial charge on any atom is -0.316 e. The van der Waals surface area contributed by atoms with Crippen LogP contribution in [0.4, 0.5) is 0 Å². The van der Waals surface area contributed by atoms with Crippen molar-refractivity contribution in [1.29, 1.82) is 0 Å². The molecule has 0 aliphatic rings. The molecule has 3 unspecified atom stereocenters. The third-order valence-corrected chi connectivity index (χ3v) is 4.54. The van der Waals surface area contributed by atoms with Crippen LogP contribution < -0.4 is 5.32 Å². The van der Waals surface area contributed by atoms with Gasteiger partial charge in [-0.15, -0.1) is 0 Å². The van der Waals surface area contributed by atoms with Gasteiger partial charge < -0.3 is 5.32 Å². The lowest BCUT2D eigenvalue weighted by Gasteiger charge is -2.32. The molecule has 0 saturated heterocycles. The Morgan fingerprint density at radius 1 is 0.905 bits per heavy atom. The highest BCUT2D eigenvalue weighted by atomic mass is 14.9. The van der Waals surface area contributed by atoms with Crippen molar-refractivity contribution in [3.8, 4) is 0 Å². The maximum absolute atomic E-state index is 3.56. The zero-order valence-electron chi connectivity index (χ0n) is 13.4. The van der Waals surface area contributed by atoms with Gasteiger partial charge in [0.05, 0.1) is 0 Å². The van der Waals surface area contributed by atoms with Crippen molar-refractivity contribution < 1.29 is 0 Å². The lowest BCUT2D eigenvalue weighted by atomic mass is 9.78. The second-order valence-corrected chi connectivity index (χ2v) is 5.91. The predicted octanol–water partition coefficient (Wildman–Crippen LogP) is 4.65. The zero-order chi connectivity index (χ0) is 15.1. The normalized spacial score (nSPS) is 15.4. The van der Waals surface area contributed by atoms with E-state index in [2.05, 4.69) is 86.9 Å². The van der Waals surface area contributed by atoms with E-state index >= 15 is 0 Å². The summed E-state index contributed by atoms with van der Waals surface area (Å²) in [6.45, 7) is 4.66. The van der Waals surface area contributed by atoms with E-state index in [9.17, 15) is 0 Å². The second-order valence-electron chi connectivity index (χ2n) is 5.91. The van der Waals surface area contributed by atoms with Gasteiger partial charge in [0.2, 0.25) is 0 Å². The van der Waals surface area contributed by atoms with Gasteiger partial charge in [0.1, 0.15) is 0 Å². The fourth-order valence-corrected chi connectivity index (χ4v) is 3.16. The Hall–Kier alpha value is -1.60. The van der Waals surface area contributed by atoms with Gasteiger partial charge in [-0.1, -0.05) is 80.9 Å². The lowest BCUT2D eigenvalue weighted by molar-refractivity contribution is 0.346. The molecule has 0 saturated carbocycles. The summed E-state index contributed by atoms with van der Waals surface area (Å²) in [6, 6.07) is 22.2. The van der Waals surface area contributed by atoms with Crippen molar-refractivity contribution >= 4 is 0 Å². The van der Waals surface area contributed by atoms with E-state index in [-0.39, 0.29) is 0 Å². The third-order valence-electron chi connectivity index (χ3n) is 4.54. The number of rotatable bonds is 7. The van der Waals surface area contributed by atoms with Crippen molar-refractivity contribution in [2.24, 2.45) is 5.92 Å². The van der Waals surface area contributed by atoms with Gasteiger partial charge in [-0.3, -0.25) is 0 Å². The van der Waals surface area contributed by atoms with Crippen LogP contribution in [-0.4, -0.2) is 13.1 Å². The van der Waals surface area contributed by atoms with Crippen LogP contribution in [0.2, 0.25) is 0 Å². The van der Waals surface area contributed by atoms with Gasteiger partial charge in [-0.2, -0.15) is 0 Å². The highest BCUT2D eigenvalue weighted by Crippen LogP contribution is 2.31. The highest BCUT2D eigenvalue weighted by Gasteiger charge is 2.26. The smallest absolute Gasteiger partial charge is 0.0176 e. The van der Waals surface area contributed by atoms with Gasteiger partial charge in [-0.05, 0) is 30.5 Å². The Kier molecular flexibility index (Phi) is 6.01. The Bertz CT molecular complexity index is 506. The lowest BCUT2D eigenvalue weighted by Crippen LogP contribution is -2.37. The van der Waals surface area contributed by atoms with Crippen molar-refractivity contribution in [2.75, 3.05) is 7.05 Å². The Labute approximate surface area is 129 Å². The quantitative estimate of drug-likeness (QED) is 0.779. The SMILES string of the molecule is CCC(C)C(c1ccccc1)C(Cc1ccccc1)NC. The van der Waals surface area contributed by atoms with Gasteiger partial charge in [0.15, 0.2) is 0 Å². The topological polar surface area (TPSA) is 12.0 Å². The van der Waals surface area contributed by atoms with E-state index < -0.39 is 0 Å². The molecule has 0 aliphatic carbocycles. The van der Waals surface area contributed by atoms with Crippen LogP contribution in [0.3, 0.4) is 0 Å². The fourth-order valence-electron chi connectivity index (χ4n) is 3.16. The van der Waals surface area contributed by atoms with Gasteiger partial charge >= 0.3 is 0 Å². The molecular formula is C20H27N. The van der Waals surface area contributed by atoms with Crippen molar-refractivity contribution in [3.05, 3.63) is 71.8 Å². The molecule has 0 amide bonds. The predicted molar refractivity (Wildman–Crippen MR) is 91.6 cm³/mol. The monoisotopic (exact) mass is 281 g/mol. The summed E-state index contributed by atoms with van der Waals surface area (Å²) in [6.07, 6.45) is 2.27. The first-order chi connectivity index (χ1) is 10.3. The van der Waals surface area contributed by atoms with Crippen LogP contribution in [-0.2, 0) is 6.42 Å². The fraction of sp³-hybridized carbons (Fsp3) is 0.400. The largest absolute Gasteiger partial charge is 0.316 e. The summed E-state index contributed by atoms with van der Waals surface area (Å²) in [5, 5.41) is 3.56. The Morgan fingerprint density at radius 2 is 1.48 bits per heavy atom. The molecule has 1 N–H and O–H groups in total. The molecule has 0 radical (unpaired) electrons. The number of benzene rings is 2. The Balaban J connectivity index is 2.25. The van der Waals surface area contributed by atoms with Crippen LogP contribution >= 0.6 is 0 Å². The minimum atomic E-state index is 0.463. The van der Waals surface area contributed by atoms with Crippen LogP contribution in [0.5, 0.6) is 0 Å². The maximum atomic E-state index is 3.56. The average Bonchev–Trinajstić information content (AvgIpc) is 2.56. The second kappa shape index (κ2) is 7.99. The number of likely N-dealkylation sites (N-methyl/N-ethyl adjacent to an activating group) is 1. The van der Waals surface area contributed by atoms with Crippen LogP contribution in [0, 0.1) is 5.92 Å². The molecule has 3 atom stereocenters.